The van der Waals surface area contributed by atoms with E-state index >= 15 is 0 Å². The maximum atomic E-state index is 12.8. The van der Waals surface area contributed by atoms with Crippen LogP contribution in [0.3, 0.4) is 0 Å². The van der Waals surface area contributed by atoms with Crippen molar-refractivity contribution in [3.63, 3.8) is 0 Å². The van der Waals surface area contributed by atoms with Crippen LogP contribution in [0.15, 0.2) is 23.1 Å². The number of carbonyl (C=O) groups excluding carboxylic acids is 2. The SMILES string of the molecule is CCCC[C@@H](CC)CNC(=O)[C@@H](CCC(N)=O)NS(=O)(=O)c1ccc(C)c(C)c1. The fourth-order valence-electron chi connectivity index (χ4n) is 2.98. The van der Waals surface area contributed by atoms with E-state index in [1.54, 1.807) is 12.1 Å². The molecule has 0 aliphatic carbocycles. The molecule has 0 fully saturated rings. The van der Waals surface area contributed by atoms with E-state index in [1.807, 2.05) is 13.8 Å². The number of benzene rings is 1. The van der Waals surface area contributed by atoms with Gasteiger partial charge in [0, 0.05) is 13.0 Å². The molecule has 1 aromatic carbocycles. The quantitative estimate of drug-likeness (QED) is 0.450. The van der Waals surface area contributed by atoms with Crippen LogP contribution in [0.4, 0.5) is 0 Å². The van der Waals surface area contributed by atoms with Crippen molar-refractivity contribution in [2.45, 2.75) is 77.2 Å². The molecule has 0 saturated carbocycles. The monoisotopic (exact) mass is 425 g/mol. The Hall–Kier alpha value is -1.93. The van der Waals surface area contributed by atoms with Gasteiger partial charge in [-0.25, -0.2) is 8.42 Å². The molecule has 4 N–H and O–H groups in total. The summed E-state index contributed by atoms with van der Waals surface area (Å²) in [5.41, 5.74) is 7.02. The number of amides is 2. The average Bonchev–Trinajstić information content (AvgIpc) is 2.66. The van der Waals surface area contributed by atoms with Crippen molar-refractivity contribution in [3.8, 4) is 0 Å². The molecule has 29 heavy (non-hydrogen) atoms. The lowest BCUT2D eigenvalue weighted by molar-refractivity contribution is -0.123. The molecule has 0 spiro atoms. The van der Waals surface area contributed by atoms with Crippen molar-refractivity contribution in [2.24, 2.45) is 11.7 Å². The van der Waals surface area contributed by atoms with Crippen LogP contribution in [0.1, 0.15) is 63.5 Å². The van der Waals surface area contributed by atoms with E-state index in [4.69, 9.17) is 5.73 Å². The minimum absolute atomic E-state index is 0.0109. The van der Waals surface area contributed by atoms with Gasteiger partial charge in [-0.15, -0.1) is 0 Å². The highest BCUT2D eigenvalue weighted by atomic mass is 32.2. The standard InChI is InChI=1S/C21H35N3O4S/c1-5-7-8-17(6-2)14-23-21(26)19(11-12-20(22)25)24-29(27,28)18-10-9-15(3)16(4)13-18/h9-10,13,17,19,24H,5-8,11-12,14H2,1-4H3,(H2,22,25)(H,23,26)/t17-,19-/m1/s1. The molecule has 7 nitrogen and oxygen atoms in total. The van der Waals surface area contributed by atoms with E-state index in [0.717, 1.165) is 36.8 Å². The second-order valence-corrected chi connectivity index (χ2v) is 9.30. The van der Waals surface area contributed by atoms with Crippen LogP contribution in [0.25, 0.3) is 0 Å². The van der Waals surface area contributed by atoms with Gasteiger partial charge in [-0.05, 0) is 55.9 Å². The lowest BCUT2D eigenvalue weighted by Crippen LogP contribution is -2.48. The van der Waals surface area contributed by atoms with Gasteiger partial charge in [0.1, 0.15) is 6.04 Å². The number of aryl methyl sites for hydroxylation is 2. The highest BCUT2D eigenvalue weighted by molar-refractivity contribution is 7.89. The third-order valence-electron chi connectivity index (χ3n) is 5.19. The molecule has 8 heteroatoms. The summed E-state index contributed by atoms with van der Waals surface area (Å²) in [5, 5.41) is 2.84. The van der Waals surface area contributed by atoms with Gasteiger partial charge in [0.15, 0.2) is 0 Å². The fourth-order valence-corrected chi connectivity index (χ4v) is 4.29. The van der Waals surface area contributed by atoms with E-state index in [2.05, 4.69) is 23.9 Å². The zero-order chi connectivity index (χ0) is 22.0. The largest absolute Gasteiger partial charge is 0.370 e. The van der Waals surface area contributed by atoms with Gasteiger partial charge in [0.05, 0.1) is 4.90 Å². The molecule has 2 atom stereocenters. The van der Waals surface area contributed by atoms with E-state index in [-0.39, 0.29) is 17.7 Å². The van der Waals surface area contributed by atoms with Gasteiger partial charge in [0.25, 0.3) is 0 Å². The van der Waals surface area contributed by atoms with Crippen LogP contribution in [0.5, 0.6) is 0 Å². The molecule has 0 saturated heterocycles. The molecule has 0 unspecified atom stereocenters. The first-order valence-corrected chi connectivity index (χ1v) is 11.7. The number of unbranched alkanes of at least 4 members (excludes halogenated alkanes) is 1. The van der Waals surface area contributed by atoms with Crippen molar-refractivity contribution in [1.82, 2.24) is 10.0 Å². The summed E-state index contributed by atoms with van der Waals surface area (Å²) in [6.07, 6.45) is 4.03. The van der Waals surface area contributed by atoms with Crippen molar-refractivity contribution < 1.29 is 18.0 Å². The Morgan fingerprint density at radius 1 is 1.10 bits per heavy atom. The number of carbonyl (C=O) groups is 2. The van der Waals surface area contributed by atoms with Gasteiger partial charge >= 0.3 is 0 Å². The molecule has 0 aliphatic heterocycles. The Kier molecular flexibility index (Phi) is 10.3. The Balaban J connectivity index is 2.91. The van der Waals surface area contributed by atoms with Gasteiger partial charge in [-0.2, -0.15) is 4.72 Å². The van der Waals surface area contributed by atoms with Crippen molar-refractivity contribution in [2.75, 3.05) is 6.54 Å². The Labute approximate surface area is 174 Å². The summed E-state index contributed by atoms with van der Waals surface area (Å²) in [7, 11) is -3.91. The van der Waals surface area contributed by atoms with E-state index in [1.165, 1.54) is 6.07 Å². The van der Waals surface area contributed by atoms with Gasteiger partial charge in [-0.3, -0.25) is 9.59 Å². The molecule has 0 aromatic heterocycles. The van der Waals surface area contributed by atoms with E-state index in [0.29, 0.717) is 12.5 Å². The second-order valence-electron chi connectivity index (χ2n) is 7.59. The zero-order valence-corrected chi connectivity index (χ0v) is 18.8. The maximum absolute atomic E-state index is 12.8. The third-order valence-corrected chi connectivity index (χ3v) is 6.66. The zero-order valence-electron chi connectivity index (χ0n) is 18.0. The summed E-state index contributed by atoms with van der Waals surface area (Å²) >= 11 is 0. The minimum atomic E-state index is -3.91. The average molecular weight is 426 g/mol. The van der Waals surface area contributed by atoms with Gasteiger partial charge < -0.3 is 11.1 Å². The maximum Gasteiger partial charge on any atom is 0.241 e. The highest BCUT2D eigenvalue weighted by Crippen LogP contribution is 2.16. The molecule has 1 rings (SSSR count). The molecular formula is C21H35N3O4S. The lowest BCUT2D eigenvalue weighted by Gasteiger charge is -2.21. The number of sulfonamides is 1. The first kappa shape index (κ1) is 25.1. The molecule has 0 bridgehead atoms. The first-order valence-electron chi connectivity index (χ1n) is 10.3. The van der Waals surface area contributed by atoms with E-state index in [9.17, 15) is 18.0 Å². The topological polar surface area (TPSA) is 118 Å². The van der Waals surface area contributed by atoms with Crippen LogP contribution in [-0.4, -0.2) is 32.8 Å². The number of rotatable bonds is 13. The van der Waals surface area contributed by atoms with Crippen LogP contribution >= 0.6 is 0 Å². The number of nitrogens with two attached hydrogens (primary N) is 1. The number of primary amides is 1. The third kappa shape index (κ3) is 8.53. The molecular weight excluding hydrogens is 390 g/mol. The minimum Gasteiger partial charge on any atom is -0.370 e. The summed E-state index contributed by atoms with van der Waals surface area (Å²) in [5.74, 6) is -0.678. The van der Waals surface area contributed by atoms with E-state index < -0.39 is 27.9 Å². The Morgan fingerprint density at radius 3 is 2.34 bits per heavy atom. The number of nitrogens with one attached hydrogen (secondary N) is 2. The Morgan fingerprint density at radius 2 is 1.79 bits per heavy atom. The summed E-state index contributed by atoms with van der Waals surface area (Å²) < 4.78 is 28.0. The lowest BCUT2D eigenvalue weighted by atomic mass is 9.99. The first-order chi connectivity index (χ1) is 13.6. The molecule has 0 aliphatic rings. The summed E-state index contributed by atoms with van der Waals surface area (Å²) in [6, 6.07) is 3.74. The van der Waals surface area contributed by atoms with Crippen molar-refractivity contribution in [3.05, 3.63) is 29.3 Å². The number of hydrogen-bond donors (Lipinski definition) is 3. The van der Waals surface area contributed by atoms with Crippen LogP contribution < -0.4 is 15.8 Å². The molecule has 0 heterocycles. The summed E-state index contributed by atoms with van der Waals surface area (Å²) in [4.78, 5) is 24.0. The van der Waals surface area contributed by atoms with Gasteiger partial charge in [-0.1, -0.05) is 39.2 Å². The van der Waals surface area contributed by atoms with Crippen molar-refractivity contribution in [1.29, 1.82) is 0 Å². The predicted molar refractivity (Wildman–Crippen MR) is 115 cm³/mol. The fraction of sp³-hybridized carbons (Fsp3) is 0.619. The Bertz CT molecular complexity index is 793. The van der Waals surface area contributed by atoms with Crippen LogP contribution in [0, 0.1) is 19.8 Å². The van der Waals surface area contributed by atoms with Gasteiger partial charge in [0.2, 0.25) is 21.8 Å². The highest BCUT2D eigenvalue weighted by Gasteiger charge is 2.26. The molecule has 2 amide bonds. The second kappa shape index (κ2) is 11.9. The van der Waals surface area contributed by atoms with Crippen molar-refractivity contribution >= 4 is 21.8 Å². The smallest absolute Gasteiger partial charge is 0.241 e. The summed E-state index contributed by atoms with van der Waals surface area (Å²) in [6.45, 7) is 8.39. The number of hydrogen-bond acceptors (Lipinski definition) is 4. The predicted octanol–water partition coefficient (Wildman–Crippen LogP) is 2.55. The molecule has 0 radical (unpaired) electrons. The van der Waals surface area contributed by atoms with Crippen LogP contribution in [-0.2, 0) is 19.6 Å². The molecule has 164 valence electrons. The normalized spacial score (nSPS) is 13.7. The van der Waals surface area contributed by atoms with Crippen LogP contribution in [0.2, 0.25) is 0 Å². The molecule has 1 aromatic rings.